The van der Waals surface area contributed by atoms with Crippen molar-refractivity contribution in [1.82, 2.24) is 4.90 Å². The summed E-state index contributed by atoms with van der Waals surface area (Å²) in [5.74, 6) is 1.09. The van der Waals surface area contributed by atoms with Gasteiger partial charge in [0.05, 0.1) is 19.3 Å². The second-order valence-electron chi connectivity index (χ2n) is 8.24. The van der Waals surface area contributed by atoms with Gasteiger partial charge in [0, 0.05) is 24.8 Å². The summed E-state index contributed by atoms with van der Waals surface area (Å²) >= 11 is 0. The molecule has 0 aromatic rings. The Morgan fingerprint density at radius 3 is 2.71 bits per heavy atom. The molecule has 2 aliphatic heterocycles. The number of nitrogens with zero attached hydrogens (tertiary/aromatic N) is 1. The smallest absolute Gasteiger partial charge is 0.302 e. The molecule has 2 bridgehead atoms. The fourth-order valence-corrected chi connectivity index (χ4v) is 5.19. The van der Waals surface area contributed by atoms with Crippen LogP contribution in [0.25, 0.3) is 0 Å². The van der Waals surface area contributed by atoms with E-state index in [-0.39, 0.29) is 17.5 Å². The predicted octanol–water partition coefficient (Wildman–Crippen LogP) is 3.27. The zero-order valence-electron chi connectivity index (χ0n) is 15.7. The maximum atomic E-state index is 11.4. The van der Waals surface area contributed by atoms with Crippen LogP contribution in [-0.2, 0) is 14.3 Å². The molecule has 0 aromatic carbocycles. The van der Waals surface area contributed by atoms with E-state index in [9.17, 15) is 4.79 Å². The van der Waals surface area contributed by atoms with Crippen LogP contribution in [0.4, 0.5) is 0 Å². The Balaban J connectivity index is 1.77. The van der Waals surface area contributed by atoms with Gasteiger partial charge in [-0.2, -0.15) is 0 Å². The van der Waals surface area contributed by atoms with Crippen LogP contribution >= 0.6 is 0 Å². The number of piperidine rings is 1. The molecule has 0 aromatic heterocycles. The molecular weight excluding hydrogens is 302 g/mol. The summed E-state index contributed by atoms with van der Waals surface area (Å²) in [4.78, 5) is 13.9. The zero-order chi connectivity index (χ0) is 17.3. The highest BCUT2D eigenvalue weighted by Gasteiger charge is 2.54. The van der Waals surface area contributed by atoms with Gasteiger partial charge < -0.3 is 14.4 Å². The Labute approximate surface area is 146 Å². The Hall–Kier alpha value is -0.870. The Bertz CT molecular complexity index is 497. The number of hydrogen-bond acceptors (Lipinski definition) is 4. The number of carbonyl (C=O) groups excluding carboxylic acids is 1. The molecule has 3 aliphatic rings. The number of rotatable bonds is 4. The Kier molecular flexibility index (Phi) is 5.36. The lowest BCUT2D eigenvalue weighted by atomic mass is 9.56. The summed E-state index contributed by atoms with van der Waals surface area (Å²) in [5, 5.41) is 0. The molecule has 1 aliphatic carbocycles. The summed E-state index contributed by atoms with van der Waals surface area (Å²) in [7, 11) is 0. The molecule has 2 saturated heterocycles. The highest BCUT2D eigenvalue weighted by atomic mass is 16.5. The van der Waals surface area contributed by atoms with Gasteiger partial charge in [-0.05, 0) is 44.7 Å². The van der Waals surface area contributed by atoms with Crippen LogP contribution < -0.4 is 0 Å². The largest absolute Gasteiger partial charge is 0.465 e. The van der Waals surface area contributed by atoms with Crippen molar-refractivity contribution in [1.29, 1.82) is 0 Å². The maximum absolute atomic E-state index is 11.4. The topological polar surface area (TPSA) is 38.8 Å². The van der Waals surface area contributed by atoms with Crippen LogP contribution in [0, 0.1) is 23.2 Å². The molecule has 5 atom stereocenters. The van der Waals surface area contributed by atoms with Gasteiger partial charge in [0.2, 0.25) is 0 Å². The van der Waals surface area contributed by atoms with Gasteiger partial charge in [0.15, 0.2) is 0 Å². The van der Waals surface area contributed by atoms with Crippen molar-refractivity contribution in [3.63, 3.8) is 0 Å². The molecular formula is C20H33NO3. The van der Waals surface area contributed by atoms with Crippen molar-refractivity contribution in [3.8, 4) is 0 Å². The maximum Gasteiger partial charge on any atom is 0.302 e. The van der Waals surface area contributed by atoms with Gasteiger partial charge >= 0.3 is 5.97 Å². The summed E-state index contributed by atoms with van der Waals surface area (Å²) < 4.78 is 11.9. The van der Waals surface area contributed by atoms with Crippen LogP contribution in [-0.4, -0.2) is 49.8 Å². The van der Waals surface area contributed by atoms with E-state index >= 15 is 0 Å². The zero-order valence-corrected chi connectivity index (χ0v) is 15.7. The van der Waals surface area contributed by atoms with E-state index in [1.54, 1.807) is 0 Å². The van der Waals surface area contributed by atoms with E-state index in [1.807, 2.05) is 0 Å². The second-order valence-corrected chi connectivity index (χ2v) is 8.24. The average molecular weight is 335 g/mol. The van der Waals surface area contributed by atoms with Gasteiger partial charge in [0.25, 0.3) is 0 Å². The van der Waals surface area contributed by atoms with Crippen molar-refractivity contribution < 1.29 is 14.3 Å². The first-order chi connectivity index (χ1) is 11.4. The summed E-state index contributed by atoms with van der Waals surface area (Å²) in [6.07, 6.45) is 6.67. The summed E-state index contributed by atoms with van der Waals surface area (Å²) in [6, 6.07) is 0. The first kappa shape index (κ1) is 17.9. The average Bonchev–Trinajstić information content (AvgIpc) is 2.54. The molecule has 4 nitrogen and oxygen atoms in total. The van der Waals surface area contributed by atoms with E-state index < -0.39 is 0 Å². The number of carbonyl (C=O) groups is 1. The molecule has 0 amide bonds. The molecule has 24 heavy (non-hydrogen) atoms. The molecule has 2 fully saturated rings. The van der Waals surface area contributed by atoms with Crippen molar-refractivity contribution in [2.24, 2.45) is 23.2 Å². The van der Waals surface area contributed by atoms with Crippen LogP contribution in [0.1, 0.15) is 47.0 Å². The predicted molar refractivity (Wildman–Crippen MR) is 94.7 cm³/mol. The molecule has 136 valence electrons. The third kappa shape index (κ3) is 3.28. The minimum absolute atomic E-state index is 0.0752. The third-order valence-corrected chi connectivity index (χ3v) is 6.79. The van der Waals surface area contributed by atoms with Crippen molar-refractivity contribution in [2.45, 2.75) is 53.1 Å². The Morgan fingerprint density at radius 2 is 2.04 bits per heavy atom. The normalized spacial score (nSPS) is 40.1. The summed E-state index contributed by atoms with van der Waals surface area (Å²) in [5.41, 5.74) is 1.38. The minimum atomic E-state index is -0.193. The lowest BCUT2D eigenvalue weighted by molar-refractivity contribution is -0.182. The van der Waals surface area contributed by atoms with Crippen LogP contribution in [0.5, 0.6) is 0 Å². The number of likely N-dealkylation sites (tertiary alicyclic amines) is 1. The first-order valence-corrected chi connectivity index (χ1v) is 9.59. The molecule has 0 radical (unpaired) electrons. The fraction of sp³-hybridized carbons (Fsp3) is 0.850. The molecule has 4 heteroatoms. The number of fused-ring (bicyclic) bond motifs is 2. The van der Waals surface area contributed by atoms with Crippen LogP contribution in [0.15, 0.2) is 11.6 Å². The van der Waals surface area contributed by atoms with E-state index in [0.717, 1.165) is 6.54 Å². The molecule has 0 saturated carbocycles. The molecule has 3 rings (SSSR count). The minimum Gasteiger partial charge on any atom is -0.465 e. The van der Waals surface area contributed by atoms with E-state index in [2.05, 4.69) is 31.7 Å². The highest BCUT2D eigenvalue weighted by molar-refractivity contribution is 5.65. The number of ether oxygens (including phenoxy) is 2. The second kappa shape index (κ2) is 7.17. The van der Waals surface area contributed by atoms with Gasteiger partial charge in [-0.3, -0.25) is 4.79 Å². The van der Waals surface area contributed by atoms with E-state index in [1.165, 1.54) is 44.8 Å². The van der Waals surface area contributed by atoms with Crippen molar-refractivity contribution in [3.05, 3.63) is 11.6 Å². The molecule has 0 unspecified atom stereocenters. The van der Waals surface area contributed by atoms with Crippen molar-refractivity contribution in [2.75, 3.05) is 32.8 Å². The number of esters is 1. The Morgan fingerprint density at radius 1 is 1.33 bits per heavy atom. The van der Waals surface area contributed by atoms with Crippen LogP contribution in [0.3, 0.4) is 0 Å². The van der Waals surface area contributed by atoms with Crippen molar-refractivity contribution >= 4 is 5.97 Å². The number of hydrogen-bond donors (Lipinski definition) is 0. The van der Waals surface area contributed by atoms with E-state index in [4.69, 9.17) is 9.47 Å². The van der Waals surface area contributed by atoms with Gasteiger partial charge in [0.1, 0.15) is 0 Å². The standard InChI is InChI=1S/C20H33NO3/c1-14-10-15(2)20(12-23-17(4)22)13-24-18(19(14)16(20)3)11-21-8-6-5-7-9-21/h10,15-16,18-19H,5-9,11-13H2,1-4H3/t15-,16+,18-,19+,20-/m1/s1. The molecule has 2 heterocycles. The number of allylic oxidation sites excluding steroid dienone is 1. The lowest BCUT2D eigenvalue weighted by Gasteiger charge is -2.55. The SMILES string of the molecule is CC(=O)OC[C@@]12CO[C@H](CN3CCCCC3)[C@@H](C(C)=C[C@H]1C)[C@@H]2C. The van der Waals surface area contributed by atoms with Gasteiger partial charge in [-0.15, -0.1) is 0 Å². The molecule has 0 N–H and O–H groups in total. The van der Waals surface area contributed by atoms with E-state index in [0.29, 0.717) is 31.0 Å². The highest BCUT2D eigenvalue weighted by Crippen LogP contribution is 2.52. The van der Waals surface area contributed by atoms with Gasteiger partial charge in [-0.25, -0.2) is 0 Å². The third-order valence-electron chi connectivity index (χ3n) is 6.79. The van der Waals surface area contributed by atoms with Gasteiger partial charge in [-0.1, -0.05) is 31.9 Å². The quantitative estimate of drug-likeness (QED) is 0.584. The fourth-order valence-electron chi connectivity index (χ4n) is 5.19. The first-order valence-electron chi connectivity index (χ1n) is 9.59. The monoisotopic (exact) mass is 335 g/mol. The lowest BCUT2D eigenvalue weighted by Crippen LogP contribution is -2.58. The summed E-state index contributed by atoms with van der Waals surface area (Å²) in [6.45, 7) is 13.0. The van der Waals surface area contributed by atoms with Crippen LogP contribution in [0.2, 0.25) is 0 Å². The molecule has 0 spiro atoms.